The Hall–Kier alpha value is -2.49. The summed E-state index contributed by atoms with van der Waals surface area (Å²) in [6.45, 7) is 2.63. The van der Waals surface area contributed by atoms with Crippen LogP contribution in [0.4, 0.5) is 11.1 Å². The summed E-state index contributed by atoms with van der Waals surface area (Å²) in [5.74, 6) is 0.175. The monoisotopic (exact) mass is 310 g/mol. The Kier molecular flexibility index (Phi) is 4.82. The molecule has 0 aromatic carbocycles. The van der Waals surface area contributed by atoms with E-state index in [1.807, 2.05) is 6.92 Å². The molecule has 2 aromatic rings. The number of amides is 1. The largest absolute Gasteiger partial charge is 0.481 e. The molecule has 0 unspecified atom stereocenters. The number of nitrogens with zero attached hydrogens (tertiary/aromatic N) is 4. The number of hydrogen-bond acceptors (Lipinski definition) is 9. The van der Waals surface area contributed by atoms with Crippen LogP contribution >= 0.6 is 11.3 Å². The summed E-state index contributed by atoms with van der Waals surface area (Å²) < 4.78 is 10.0. The highest BCUT2D eigenvalue weighted by atomic mass is 32.1. The van der Waals surface area contributed by atoms with Crippen molar-refractivity contribution in [1.29, 1.82) is 0 Å². The Bertz CT molecular complexity index is 610. The molecule has 2 rings (SSSR count). The fraction of sp³-hybridized carbons (Fsp3) is 0.364. The molecule has 0 radical (unpaired) electrons. The van der Waals surface area contributed by atoms with Crippen molar-refractivity contribution in [2.45, 2.75) is 6.92 Å². The average molecular weight is 310 g/mol. The summed E-state index contributed by atoms with van der Waals surface area (Å²) in [4.78, 5) is 20.0. The smallest absolute Gasteiger partial charge is 0.289 e. The molecule has 0 aliphatic heterocycles. The van der Waals surface area contributed by atoms with E-state index in [1.165, 1.54) is 20.3 Å². The molecule has 112 valence electrons. The molecule has 0 saturated carbocycles. The first kappa shape index (κ1) is 14.9. The third-order valence-corrected chi connectivity index (χ3v) is 3.15. The van der Waals surface area contributed by atoms with Crippen molar-refractivity contribution in [3.05, 3.63) is 11.1 Å². The van der Waals surface area contributed by atoms with Crippen LogP contribution in [0.3, 0.4) is 0 Å². The molecular formula is C11H14N6O3S. The lowest BCUT2D eigenvalue weighted by Gasteiger charge is -2.06. The van der Waals surface area contributed by atoms with Gasteiger partial charge in [0.2, 0.25) is 27.8 Å². The maximum absolute atomic E-state index is 12.0. The van der Waals surface area contributed by atoms with Gasteiger partial charge in [0.15, 0.2) is 0 Å². The lowest BCUT2D eigenvalue weighted by molar-refractivity contribution is 0.102. The molecule has 2 N–H and O–H groups in total. The number of aromatic nitrogens is 4. The highest BCUT2D eigenvalue weighted by Crippen LogP contribution is 2.19. The second-order valence-corrected chi connectivity index (χ2v) is 4.65. The number of ether oxygens (including phenoxy) is 2. The maximum Gasteiger partial charge on any atom is 0.289 e. The molecule has 21 heavy (non-hydrogen) atoms. The maximum atomic E-state index is 12.0. The first-order chi connectivity index (χ1) is 10.2. The molecule has 0 fully saturated rings. The third-order valence-electron chi connectivity index (χ3n) is 2.27. The lowest BCUT2D eigenvalue weighted by Crippen LogP contribution is -2.14. The number of carbonyl (C=O) groups is 1. The van der Waals surface area contributed by atoms with Crippen molar-refractivity contribution in [2.24, 2.45) is 0 Å². The van der Waals surface area contributed by atoms with Gasteiger partial charge in [0.1, 0.15) is 0 Å². The second-order valence-electron chi connectivity index (χ2n) is 3.67. The Morgan fingerprint density at radius 3 is 2.48 bits per heavy atom. The van der Waals surface area contributed by atoms with Gasteiger partial charge < -0.3 is 14.8 Å². The normalized spacial score (nSPS) is 10.0. The fourth-order valence-corrected chi connectivity index (χ4v) is 2.07. The summed E-state index contributed by atoms with van der Waals surface area (Å²) in [6.07, 6.45) is 0. The van der Waals surface area contributed by atoms with Crippen molar-refractivity contribution in [3.63, 3.8) is 0 Å². The van der Waals surface area contributed by atoms with Crippen LogP contribution in [0.25, 0.3) is 0 Å². The summed E-state index contributed by atoms with van der Waals surface area (Å²) in [5, 5.41) is 13.9. The topological polar surface area (TPSA) is 111 Å². The second kappa shape index (κ2) is 6.79. The van der Waals surface area contributed by atoms with Crippen molar-refractivity contribution < 1.29 is 14.3 Å². The minimum Gasteiger partial charge on any atom is -0.481 e. The van der Waals surface area contributed by atoms with E-state index in [-0.39, 0.29) is 22.7 Å². The van der Waals surface area contributed by atoms with Crippen LogP contribution in [0.5, 0.6) is 11.8 Å². The van der Waals surface area contributed by atoms with Crippen LogP contribution in [0, 0.1) is 0 Å². The SMILES string of the molecule is CCNc1nnc(C(=O)Nc2nc(OC)cc(OC)n2)s1. The zero-order chi connectivity index (χ0) is 15.2. The van der Waals surface area contributed by atoms with Crippen LogP contribution in [0.1, 0.15) is 16.7 Å². The third kappa shape index (κ3) is 3.75. The highest BCUT2D eigenvalue weighted by Gasteiger charge is 2.15. The van der Waals surface area contributed by atoms with Gasteiger partial charge in [-0.1, -0.05) is 11.3 Å². The Balaban J connectivity index is 2.14. The van der Waals surface area contributed by atoms with Crippen molar-refractivity contribution in [1.82, 2.24) is 20.2 Å². The number of anilines is 2. The molecule has 9 nitrogen and oxygen atoms in total. The number of nitrogens with one attached hydrogen (secondary N) is 2. The minimum atomic E-state index is -0.452. The molecule has 2 aromatic heterocycles. The molecule has 0 aliphatic carbocycles. The number of methoxy groups -OCH3 is 2. The Labute approximate surface area is 124 Å². The summed E-state index contributed by atoms with van der Waals surface area (Å²) in [7, 11) is 2.92. The highest BCUT2D eigenvalue weighted by molar-refractivity contribution is 7.17. The number of rotatable bonds is 6. The van der Waals surface area contributed by atoms with E-state index in [4.69, 9.17) is 9.47 Å². The zero-order valence-corrected chi connectivity index (χ0v) is 12.5. The standard InChI is InChI=1S/C11H14N6O3S/c1-4-12-11-17-16-9(21-11)8(18)15-10-13-6(19-2)5-7(14-10)20-3/h5H,4H2,1-3H3,(H,12,17)(H,13,14,15,18). The summed E-state index contributed by atoms with van der Waals surface area (Å²) in [5.41, 5.74) is 0. The average Bonchev–Trinajstić information content (AvgIpc) is 2.96. The van der Waals surface area contributed by atoms with Gasteiger partial charge >= 0.3 is 0 Å². The Morgan fingerprint density at radius 1 is 1.24 bits per heavy atom. The van der Waals surface area contributed by atoms with E-state index < -0.39 is 5.91 Å². The van der Waals surface area contributed by atoms with Gasteiger partial charge in [-0.05, 0) is 6.92 Å². The van der Waals surface area contributed by atoms with Crippen LogP contribution in [0.15, 0.2) is 6.07 Å². The first-order valence-corrected chi connectivity index (χ1v) is 6.83. The number of hydrogen-bond donors (Lipinski definition) is 2. The van der Waals surface area contributed by atoms with E-state index in [0.29, 0.717) is 11.7 Å². The van der Waals surface area contributed by atoms with Crippen LogP contribution < -0.4 is 20.1 Å². The molecule has 0 saturated heterocycles. The minimum absolute atomic E-state index is 0.0661. The van der Waals surface area contributed by atoms with Gasteiger partial charge in [0.05, 0.1) is 20.3 Å². The predicted molar refractivity (Wildman–Crippen MR) is 77.2 cm³/mol. The van der Waals surface area contributed by atoms with Gasteiger partial charge in [-0.25, -0.2) is 0 Å². The molecule has 0 atom stereocenters. The van der Waals surface area contributed by atoms with Crippen molar-refractivity contribution in [3.8, 4) is 11.8 Å². The molecule has 10 heteroatoms. The van der Waals surface area contributed by atoms with Gasteiger partial charge in [0.25, 0.3) is 5.91 Å². The van der Waals surface area contributed by atoms with Gasteiger partial charge in [-0.15, -0.1) is 10.2 Å². The van der Waals surface area contributed by atoms with Gasteiger partial charge in [-0.2, -0.15) is 9.97 Å². The Morgan fingerprint density at radius 2 is 1.90 bits per heavy atom. The molecule has 0 aliphatic rings. The number of carbonyl (C=O) groups excluding carboxylic acids is 1. The van der Waals surface area contributed by atoms with Gasteiger partial charge in [-0.3, -0.25) is 10.1 Å². The predicted octanol–water partition coefficient (Wildman–Crippen LogP) is 1.03. The van der Waals surface area contributed by atoms with Crippen molar-refractivity contribution >= 4 is 28.3 Å². The van der Waals surface area contributed by atoms with Crippen LogP contribution in [-0.2, 0) is 0 Å². The molecule has 0 bridgehead atoms. The van der Waals surface area contributed by atoms with E-state index >= 15 is 0 Å². The zero-order valence-electron chi connectivity index (χ0n) is 11.7. The molecular weight excluding hydrogens is 296 g/mol. The van der Waals surface area contributed by atoms with Crippen LogP contribution in [0.2, 0.25) is 0 Å². The fourth-order valence-electron chi connectivity index (χ4n) is 1.36. The van der Waals surface area contributed by atoms with E-state index in [1.54, 1.807) is 0 Å². The lowest BCUT2D eigenvalue weighted by atomic mass is 10.5. The first-order valence-electron chi connectivity index (χ1n) is 6.02. The van der Waals surface area contributed by atoms with E-state index in [9.17, 15) is 4.79 Å². The quantitative estimate of drug-likeness (QED) is 0.813. The van der Waals surface area contributed by atoms with Crippen LogP contribution in [-0.4, -0.2) is 46.8 Å². The van der Waals surface area contributed by atoms with Gasteiger partial charge in [0, 0.05) is 6.54 Å². The molecule has 0 spiro atoms. The van der Waals surface area contributed by atoms with E-state index in [0.717, 1.165) is 11.3 Å². The molecule has 2 heterocycles. The van der Waals surface area contributed by atoms with Crippen molar-refractivity contribution in [2.75, 3.05) is 31.4 Å². The molecule has 1 amide bonds. The summed E-state index contributed by atoms with van der Waals surface area (Å²) >= 11 is 1.14. The summed E-state index contributed by atoms with van der Waals surface area (Å²) in [6, 6.07) is 1.50. The van der Waals surface area contributed by atoms with E-state index in [2.05, 4.69) is 30.8 Å².